The maximum Gasteiger partial charge on any atom is 0.258 e. The minimum absolute atomic E-state index is 0.0633. The molecular formula is C29H37Cl2N3O5. The second-order valence-corrected chi connectivity index (χ2v) is 11.4. The summed E-state index contributed by atoms with van der Waals surface area (Å²) in [6.07, 6.45) is 1.00. The van der Waals surface area contributed by atoms with E-state index in [1.54, 1.807) is 29.2 Å². The SMILES string of the molecule is C[C@H]1CN([C@@H](C)CO)C(=O)c2cccc(NC(=O)C3CCOCC3)c2O[C@H]1CN(C)Cc1ccc(Cl)c(Cl)c1. The number of rotatable bonds is 8. The quantitative estimate of drug-likeness (QED) is 0.472. The van der Waals surface area contributed by atoms with Crippen LogP contribution in [0.15, 0.2) is 36.4 Å². The molecule has 2 aliphatic heterocycles. The maximum atomic E-state index is 13.7. The number of aliphatic hydroxyl groups excluding tert-OH is 1. The first kappa shape index (κ1) is 29.6. The second kappa shape index (κ2) is 13.3. The molecular weight excluding hydrogens is 541 g/mol. The van der Waals surface area contributed by atoms with Crippen LogP contribution < -0.4 is 10.1 Å². The molecule has 2 aromatic carbocycles. The molecule has 0 bridgehead atoms. The lowest BCUT2D eigenvalue weighted by Crippen LogP contribution is -2.49. The van der Waals surface area contributed by atoms with Gasteiger partial charge in [-0.05, 0) is 56.6 Å². The summed E-state index contributed by atoms with van der Waals surface area (Å²) in [5, 5.41) is 14.0. The van der Waals surface area contributed by atoms with Crippen molar-refractivity contribution >= 4 is 40.7 Å². The van der Waals surface area contributed by atoms with Crippen molar-refractivity contribution in [1.82, 2.24) is 9.80 Å². The Balaban J connectivity index is 1.63. The Morgan fingerprint density at radius 3 is 2.64 bits per heavy atom. The Hall–Kier alpha value is -2.36. The van der Waals surface area contributed by atoms with Crippen LogP contribution in [0.2, 0.25) is 10.0 Å². The van der Waals surface area contributed by atoms with Crippen molar-refractivity contribution in [3.8, 4) is 5.75 Å². The molecule has 2 heterocycles. The average Bonchev–Trinajstić information content (AvgIpc) is 2.93. The highest BCUT2D eigenvalue weighted by molar-refractivity contribution is 6.42. The van der Waals surface area contributed by atoms with Gasteiger partial charge in [0.05, 0.1) is 33.9 Å². The van der Waals surface area contributed by atoms with Crippen LogP contribution in [0.4, 0.5) is 5.69 Å². The Labute approximate surface area is 240 Å². The monoisotopic (exact) mass is 577 g/mol. The number of hydrogen-bond donors (Lipinski definition) is 2. The fourth-order valence-electron chi connectivity index (χ4n) is 5.08. The zero-order valence-electron chi connectivity index (χ0n) is 22.7. The highest BCUT2D eigenvalue weighted by atomic mass is 35.5. The predicted octanol–water partition coefficient (Wildman–Crippen LogP) is 4.71. The van der Waals surface area contributed by atoms with Gasteiger partial charge in [-0.2, -0.15) is 0 Å². The van der Waals surface area contributed by atoms with Crippen molar-refractivity contribution in [2.45, 2.75) is 45.4 Å². The van der Waals surface area contributed by atoms with E-state index in [0.717, 1.165) is 5.56 Å². The van der Waals surface area contributed by atoms with Gasteiger partial charge in [0.2, 0.25) is 5.91 Å². The van der Waals surface area contributed by atoms with E-state index < -0.39 is 0 Å². The minimum Gasteiger partial charge on any atom is -0.486 e. The first-order valence-electron chi connectivity index (χ1n) is 13.4. The largest absolute Gasteiger partial charge is 0.486 e. The molecule has 0 saturated carbocycles. The smallest absolute Gasteiger partial charge is 0.258 e. The van der Waals surface area contributed by atoms with Gasteiger partial charge < -0.3 is 24.8 Å². The van der Waals surface area contributed by atoms with Gasteiger partial charge in [-0.25, -0.2) is 0 Å². The molecule has 1 saturated heterocycles. The van der Waals surface area contributed by atoms with Crippen LogP contribution in [-0.2, 0) is 16.1 Å². The summed E-state index contributed by atoms with van der Waals surface area (Å²) in [5.74, 6) is -0.198. The normalized spacial score (nSPS) is 21.1. The third-order valence-electron chi connectivity index (χ3n) is 7.47. The van der Waals surface area contributed by atoms with Crippen molar-refractivity contribution in [2.24, 2.45) is 11.8 Å². The summed E-state index contributed by atoms with van der Waals surface area (Å²) in [6.45, 7) is 6.41. The number of likely N-dealkylation sites (N-methyl/N-ethyl adjacent to an activating group) is 1. The average molecular weight is 579 g/mol. The Bertz CT molecular complexity index is 1170. The van der Waals surface area contributed by atoms with Gasteiger partial charge in [-0.1, -0.05) is 42.3 Å². The number of amides is 2. The number of nitrogens with zero attached hydrogens (tertiary/aromatic N) is 2. The summed E-state index contributed by atoms with van der Waals surface area (Å²) in [6, 6.07) is 10.4. The van der Waals surface area contributed by atoms with E-state index in [4.69, 9.17) is 32.7 Å². The summed E-state index contributed by atoms with van der Waals surface area (Å²) in [5.41, 5.74) is 1.85. The second-order valence-electron chi connectivity index (χ2n) is 10.6. The molecule has 0 unspecified atom stereocenters. The van der Waals surface area contributed by atoms with E-state index in [0.29, 0.717) is 72.7 Å². The van der Waals surface area contributed by atoms with Crippen LogP contribution in [0, 0.1) is 11.8 Å². The molecule has 4 rings (SSSR count). The van der Waals surface area contributed by atoms with Crippen LogP contribution in [0.1, 0.15) is 42.6 Å². The van der Waals surface area contributed by atoms with Gasteiger partial charge in [0.15, 0.2) is 5.75 Å². The van der Waals surface area contributed by atoms with Crippen LogP contribution in [0.25, 0.3) is 0 Å². The number of ether oxygens (including phenoxy) is 2. The molecule has 2 aromatic rings. The molecule has 2 amide bonds. The molecule has 0 aliphatic carbocycles. The lowest BCUT2D eigenvalue weighted by molar-refractivity contribution is -0.122. The standard InChI is InChI=1S/C29H37Cl2N3O5/c1-18-14-34(19(2)17-35)29(37)22-5-4-6-25(32-28(36)21-9-11-38-12-10-21)27(22)39-26(18)16-33(3)15-20-7-8-23(30)24(31)13-20/h4-8,13,18-19,21,26,35H,9-12,14-17H2,1-3H3,(H,32,36)/t18-,19-,26-/m0/s1. The summed E-state index contributed by atoms with van der Waals surface area (Å²) in [4.78, 5) is 30.6. The van der Waals surface area contributed by atoms with Gasteiger partial charge in [0.25, 0.3) is 5.91 Å². The zero-order valence-corrected chi connectivity index (χ0v) is 24.2. The van der Waals surface area contributed by atoms with Crippen molar-refractivity contribution in [3.05, 3.63) is 57.6 Å². The molecule has 2 aliphatic rings. The van der Waals surface area contributed by atoms with Gasteiger partial charge in [0, 0.05) is 44.7 Å². The molecule has 1 fully saturated rings. The molecule has 0 spiro atoms. The van der Waals surface area contributed by atoms with E-state index in [2.05, 4.69) is 10.2 Å². The maximum absolute atomic E-state index is 13.7. The lowest BCUT2D eigenvalue weighted by atomic mass is 9.98. The number of fused-ring (bicyclic) bond motifs is 1. The number of carbonyl (C=O) groups excluding carboxylic acids is 2. The highest BCUT2D eigenvalue weighted by Crippen LogP contribution is 2.35. The summed E-state index contributed by atoms with van der Waals surface area (Å²) >= 11 is 12.3. The lowest BCUT2D eigenvalue weighted by Gasteiger charge is -2.38. The van der Waals surface area contributed by atoms with Gasteiger partial charge >= 0.3 is 0 Å². The first-order chi connectivity index (χ1) is 18.7. The van der Waals surface area contributed by atoms with E-state index in [9.17, 15) is 14.7 Å². The van der Waals surface area contributed by atoms with E-state index in [1.807, 2.05) is 33.0 Å². The van der Waals surface area contributed by atoms with Gasteiger partial charge in [-0.3, -0.25) is 14.5 Å². The van der Waals surface area contributed by atoms with Crippen LogP contribution >= 0.6 is 23.2 Å². The summed E-state index contributed by atoms with van der Waals surface area (Å²) in [7, 11) is 2.00. The topological polar surface area (TPSA) is 91.3 Å². The number of carbonyl (C=O) groups is 2. The third kappa shape index (κ3) is 7.24. The predicted molar refractivity (Wildman–Crippen MR) is 153 cm³/mol. The molecule has 0 aromatic heterocycles. The number of halogens is 2. The van der Waals surface area contributed by atoms with Crippen molar-refractivity contribution in [3.63, 3.8) is 0 Å². The van der Waals surface area contributed by atoms with Crippen molar-refractivity contribution < 1.29 is 24.2 Å². The molecule has 2 N–H and O–H groups in total. The van der Waals surface area contributed by atoms with E-state index in [-0.39, 0.29) is 42.4 Å². The highest BCUT2D eigenvalue weighted by Gasteiger charge is 2.35. The van der Waals surface area contributed by atoms with Crippen molar-refractivity contribution in [2.75, 3.05) is 45.3 Å². The molecule has 212 valence electrons. The first-order valence-corrected chi connectivity index (χ1v) is 14.2. The fourth-order valence-corrected chi connectivity index (χ4v) is 5.40. The zero-order chi connectivity index (χ0) is 28.1. The Morgan fingerprint density at radius 2 is 1.95 bits per heavy atom. The molecule has 8 nitrogen and oxygen atoms in total. The number of aliphatic hydroxyl groups is 1. The number of benzene rings is 2. The molecule has 3 atom stereocenters. The number of para-hydroxylation sites is 1. The molecule has 0 radical (unpaired) electrons. The van der Waals surface area contributed by atoms with E-state index in [1.165, 1.54) is 0 Å². The van der Waals surface area contributed by atoms with E-state index >= 15 is 0 Å². The third-order valence-corrected chi connectivity index (χ3v) is 8.21. The Morgan fingerprint density at radius 1 is 1.21 bits per heavy atom. The van der Waals surface area contributed by atoms with Crippen molar-refractivity contribution in [1.29, 1.82) is 0 Å². The van der Waals surface area contributed by atoms with Crippen LogP contribution in [0.5, 0.6) is 5.75 Å². The number of hydrogen-bond acceptors (Lipinski definition) is 6. The Kier molecular flexibility index (Phi) is 10.1. The van der Waals surface area contributed by atoms with Gasteiger partial charge in [-0.15, -0.1) is 0 Å². The molecule has 10 heteroatoms. The van der Waals surface area contributed by atoms with Gasteiger partial charge in [0.1, 0.15) is 6.10 Å². The minimum atomic E-state index is -0.374. The van der Waals surface area contributed by atoms with Crippen LogP contribution in [-0.4, -0.2) is 78.8 Å². The summed E-state index contributed by atoms with van der Waals surface area (Å²) < 4.78 is 12.0. The van der Waals surface area contributed by atoms with Crippen LogP contribution in [0.3, 0.4) is 0 Å². The molecule has 39 heavy (non-hydrogen) atoms. The number of anilines is 1. The number of nitrogens with one attached hydrogen (secondary N) is 1. The fraction of sp³-hybridized carbons (Fsp3) is 0.517.